The minimum absolute atomic E-state index is 0.0723. The number of rotatable bonds is 10. The molecule has 1 aliphatic carbocycles. The number of carbonyl (C=O) groups excluding carboxylic acids is 2. The SMILES string of the molecule is CCC[C@H](CC(=O)NC(C)(CO)C(=O)O)NC(=O)OCC1c2ccccc2-c2ccccc21. The summed E-state index contributed by atoms with van der Waals surface area (Å²) in [5, 5.41) is 23.6. The molecule has 1 aliphatic rings. The molecule has 2 aromatic carbocycles. The first-order valence-corrected chi connectivity index (χ1v) is 11.1. The lowest BCUT2D eigenvalue weighted by atomic mass is 9.98. The lowest BCUT2D eigenvalue weighted by Crippen LogP contribution is -2.56. The normalized spacial score (nSPS) is 15.0. The molecule has 0 aliphatic heterocycles. The maximum absolute atomic E-state index is 12.5. The first-order valence-electron chi connectivity index (χ1n) is 11.1. The molecule has 33 heavy (non-hydrogen) atoms. The summed E-state index contributed by atoms with van der Waals surface area (Å²) < 4.78 is 5.54. The molecule has 0 fully saturated rings. The summed E-state index contributed by atoms with van der Waals surface area (Å²) in [4.78, 5) is 36.2. The highest BCUT2D eigenvalue weighted by Gasteiger charge is 2.35. The van der Waals surface area contributed by atoms with Gasteiger partial charge in [0, 0.05) is 18.4 Å². The van der Waals surface area contributed by atoms with Gasteiger partial charge in [0.2, 0.25) is 5.91 Å². The van der Waals surface area contributed by atoms with E-state index in [1.807, 2.05) is 43.3 Å². The van der Waals surface area contributed by atoms with Gasteiger partial charge in [0.15, 0.2) is 5.54 Å². The zero-order valence-electron chi connectivity index (χ0n) is 18.8. The second-order valence-electron chi connectivity index (χ2n) is 8.50. The predicted molar refractivity (Wildman–Crippen MR) is 123 cm³/mol. The molecule has 176 valence electrons. The minimum atomic E-state index is -1.78. The van der Waals surface area contributed by atoms with Crippen LogP contribution in [0, 0.1) is 0 Å². The molecule has 2 amide bonds. The third-order valence-electron chi connectivity index (χ3n) is 5.94. The lowest BCUT2D eigenvalue weighted by molar-refractivity contribution is -0.148. The molecule has 0 saturated heterocycles. The largest absolute Gasteiger partial charge is 0.479 e. The number of nitrogens with one attached hydrogen (secondary N) is 2. The maximum Gasteiger partial charge on any atom is 0.407 e. The summed E-state index contributed by atoms with van der Waals surface area (Å²) in [5.74, 6) is -1.99. The molecule has 0 aromatic heterocycles. The molecule has 2 atom stereocenters. The van der Waals surface area contributed by atoms with Crippen LogP contribution in [0.3, 0.4) is 0 Å². The highest BCUT2D eigenvalue weighted by molar-refractivity contribution is 5.87. The molecule has 2 aromatic rings. The fraction of sp³-hybridized carbons (Fsp3) is 0.400. The zero-order valence-corrected chi connectivity index (χ0v) is 18.8. The number of benzene rings is 2. The average molecular weight is 455 g/mol. The van der Waals surface area contributed by atoms with Crippen molar-refractivity contribution in [1.82, 2.24) is 10.6 Å². The number of carboxylic acids is 1. The van der Waals surface area contributed by atoms with E-state index in [1.165, 1.54) is 6.92 Å². The Hall–Kier alpha value is -3.39. The Balaban J connectivity index is 1.61. The van der Waals surface area contributed by atoms with Crippen molar-refractivity contribution < 1.29 is 29.3 Å². The Morgan fingerprint density at radius 2 is 1.64 bits per heavy atom. The third kappa shape index (κ3) is 5.51. The van der Waals surface area contributed by atoms with Crippen molar-refractivity contribution >= 4 is 18.0 Å². The van der Waals surface area contributed by atoms with Gasteiger partial charge in [0.05, 0.1) is 6.61 Å². The molecule has 1 unspecified atom stereocenters. The summed E-state index contributed by atoms with van der Waals surface area (Å²) in [6.07, 6.45) is 0.463. The van der Waals surface area contributed by atoms with Crippen LogP contribution >= 0.6 is 0 Å². The topological polar surface area (TPSA) is 125 Å². The third-order valence-corrected chi connectivity index (χ3v) is 5.94. The van der Waals surface area contributed by atoms with Gasteiger partial charge in [-0.05, 0) is 35.6 Å². The highest BCUT2D eigenvalue weighted by Crippen LogP contribution is 2.44. The predicted octanol–water partition coefficient (Wildman–Crippen LogP) is 3.04. The molecule has 4 N–H and O–H groups in total. The van der Waals surface area contributed by atoms with E-state index in [1.54, 1.807) is 0 Å². The van der Waals surface area contributed by atoms with Gasteiger partial charge in [-0.15, -0.1) is 0 Å². The van der Waals surface area contributed by atoms with Gasteiger partial charge in [-0.25, -0.2) is 9.59 Å². The van der Waals surface area contributed by atoms with E-state index in [0.29, 0.717) is 12.8 Å². The van der Waals surface area contributed by atoms with Gasteiger partial charge in [-0.2, -0.15) is 0 Å². The molecule has 0 heterocycles. The summed E-state index contributed by atoms with van der Waals surface area (Å²) in [7, 11) is 0. The quantitative estimate of drug-likeness (QED) is 0.437. The first-order chi connectivity index (χ1) is 15.8. The van der Waals surface area contributed by atoms with E-state index in [2.05, 4.69) is 22.8 Å². The molecular weight excluding hydrogens is 424 g/mol. The standard InChI is InChI=1S/C25H30N2O6/c1-3-8-16(13-22(29)27-25(2,15-28)23(30)31)26-24(32)33-14-21-19-11-6-4-9-17(19)18-10-5-7-12-20(18)21/h4-7,9-12,16,21,28H,3,8,13-15H2,1-2H3,(H,26,32)(H,27,29)(H,30,31)/t16-,25?/m1/s1. The van der Waals surface area contributed by atoms with Gasteiger partial charge < -0.3 is 25.6 Å². The van der Waals surface area contributed by atoms with Crippen molar-refractivity contribution in [3.63, 3.8) is 0 Å². The number of carbonyl (C=O) groups is 3. The summed E-state index contributed by atoms with van der Waals surface area (Å²) in [6, 6.07) is 15.6. The molecule has 8 heteroatoms. The first kappa shape index (κ1) is 24.3. The number of alkyl carbamates (subject to hydrolysis) is 1. The Morgan fingerprint density at radius 1 is 1.06 bits per heavy atom. The van der Waals surface area contributed by atoms with Crippen LogP contribution in [0.25, 0.3) is 11.1 Å². The van der Waals surface area contributed by atoms with Crippen LogP contribution in [0.1, 0.15) is 50.2 Å². The fourth-order valence-corrected chi connectivity index (χ4v) is 4.12. The van der Waals surface area contributed by atoms with Crippen molar-refractivity contribution in [3.8, 4) is 11.1 Å². The zero-order chi connectivity index (χ0) is 24.0. The van der Waals surface area contributed by atoms with Crippen LogP contribution in [-0.4, -0.2) is 53.0 Å². The van der Waals surface area contributed by atoms with E-state index < -0.39 is 36.2 Å². The molecule has 0 spiro atoms. The van der Waals surface area contributed by atoms with E-state index in [-0.39, 0.29) is 18.9 Å². The molecular formula is C25H30N2O6. The number of carboxylic acid groups (broad SMARTS) is 1. The molecule has 3 rings (SSSR count). The Morgan fingerprint density at radius 3 is 2.15 bits per heavy atom. The number of aliphatic hydroxyl groups excluding tert-OH is 1. The monoisotopic (exact) mass is 454 g/mol. The van der Waals surface area contributed by atoms with E-state index in [9.17, 15) is 24.6 Å². The Labute approximate surface area is 193 Å². The number of hydrogen-bond donors (Lipinski definition) is 4. The number of fused-ring (bicyclic) bond motifs is 3. The van der Waals surface area contributed by atoms with Gasteiger partial charge in [0.25, 0.3) is 0 Å². The van der Waals surface area contributed by atoms with Crippen LogP contribution in [0.15, 0.2) is 48.5 Å². The average Bonchev–Trinajstić information content (AvgIpc) is 3.11. The smallest absolute Gasteiger partial charge is 0.407 e. The molecule has 0 bridgehead atoms. The van der Waals surface area contributed by atoms with E-state index in [4.69, 9.17) is 4.74 Å². The van der Waals surface area contributed by atoms with Crippen molar-refractivity contribution in [3.05, 3.63) is 59.7 Å². The van der Waals surface area contributed by atoms with Crippen molar-refractivity contribution in [2.75, 3.05) is 13.2 Å². The number of amides is 2. The van der Waals surface area contributed by atoms with Crippen molar-refractivity contribution in [2.45, 2.75) is 50.6 Å². The van der Waals surface area contributed by atoms with Crippen LogP contribution in [0.2, 0.25) is 0 Å². The van der Waals surface area contributed by atoms with Gasteiger partial charge in [-0.3, -0.25) is 4.79 Å². The second-order valence-corrected chi connectivity index (χ2v) is 8.50. The molecule has 0 radical (unpaired) electrons. The van der Waals surface area contributed by atoms with Crippen LogP contribution < -0.4 is 10.6 Å². The number of aliphatic carboxylic acids is 1. The van der Waals surface area contributed by atoms with Crippen LogP contribution in [-0.2, 0) is 14.3 Å². The number of hydrogen-bond acceptors (Lipinski definition) is 5. The van der Waals surface area contributed by atoms with Gasteiger partial charge in [0.1, 0.15) is 6.61 Å². The van der Waals surface area contributed by atoms with Crippen LogP contribution in [0.4, 0.5) is 4.79 Å². The summed E-state index contributed by atoms with van der Waals surface area (Å²) >= 11 is 0. The Bertz CT molecular complexity index is 978. The lowest BCUT2D eigenvalue weighted by Gasteiger charge is -2.25. The van der Waals surface area contributed by atoms with Crippen molar-refractivity contribution in [1.29, 1.82) is 0 Å². The minimum Gasteiger partial charge on any atom is -0.479 e. The fourth-order valence-electron chi connectivity index (χ4n) is 4.12. The van der Waals surface area contributed by atoms with E-state index >= 15 is 0 Å². The summed E-state index contributed by atoms with van der Waals surface area (Å²) in [5.41, 5.74) is 2.69. The molecule has 0 saturated carbocycles. The highest BCUT2D eigenvalue weighted by atomic mass is 16.5. The number of ether oxygens (including phenoxy) is 1. The number of aliphatic hydroxyl groups is 1. The van der Waals surface area contributed by atoms with E-state index in [0.717, 1.165) is 22.3 Å². The maximum atomic E-state index is 12.5. The van der Waals surface area contributed by atoms with Crippen LogP contribution in [0.5, 0.6) is 0 Å². The molecule has 8 nitrogen and oxygen atoms in total. The van der Waals surface area contributed by atoms with Gasteiger partial charge >= 0.3 is 12.1 Å². The van der Waals surface area contributed by atoms with Crippen molar-refractivity contribution in [2.24, 2.45) is 0 Å². The summed E-state index contributed by atoms with van der Waals surface area (Å²) in [6.45, 7) is 2.55. The Kier molecular flexibility index (Phi) is 7.71. The van der Waals surface area contributed by atoms with Gasteiger partial charge in [-0.1, -0.05) is 61.9 Å². The second kappa shape index (κ2) is 10.5.